The second-order valence-electron chi connectivity index (χ2n) is 11.2. The van der Waals surface area contributed by atoms with Crippen LogP contribution in [-0.4, -0.2) is 32.5 Å². The highest BCUT2D eigenvalue weighted by Crippen LogP contribution is 2.30. The Morgan fingerprint density at radius 2 is 1.29 bits per heavy atom. The van der Waals surface area contributed by atoms with Gasteiger partial charge in [0.1, 0.15) is 34.7 Å². The Balaban J connectivity index is 1.79. The summed E-state index contributed by atoms with van der Waals surface area (Å²) in [6.45, 7) is 4.25. The van der Waals surface area contributed by atoms with Crippen molar-refractivity contribution in [2.75, 3.05) is 0 Å². The summed E-state index contributed by atoms with van der Waals surface area (Å²) in [6, 6.07) is 7.51. The molecule has 0 amide bonds. The number of hydrogen-bond donors (Lipinski definition) is 4. The maximum Gasteiger partial charge on any atom is 0.342 e. The molecule has 0 bridgehead atoms. The number of phenolic OH excluding ortho intramolecular Hbond substituents is 4. The van der Waals surface area contributed by atoms with Crippen LogP contribution in [0, 0.1) is 0 Å². The molecular formula is C35H52O6. The second-order valence-corrected chi connectivity index (χ2v) is 11.2. The van der Waals surface area contributed by atoms with Crippen LogP contribution < -0.4 is 0 Å². The molecule has 0 saturated carbocycles. The van der Waals surface area contributed by atoms with Crippen molar-refractivity contribution in [3.8, 4) is 23.0 Å². The molecule has 2 rings (SSSR count). The molecule has 0 aliphatic rings. The highest BCUT2D eigenvalue weighted by molar-refractivity contribution is 5.94. The maximum absolute atomic E-state index is 13.2. The molecule has 41 heavy (non-hydrogen) atoms. The van der Waals surface area contributed by atoms with Gasteiger partial charge in [0, 0.05) is 12.1 Å². The van der Waals surface area contributed by atoms with Crippen LogP contribution in [0.1, 0.15) is 132 Å². The third-order valence-electron chi connectivity index (χ3n) is 7.42. The molecule has 0 aliphatic carbocycles. The van der Waals surface area contributed by atoms with Gasteiger partial charge in [-0.25, -0.2) is 4.79 Å². The lowest BCUT2D eigenvalue weighted by atomic mass is 9.98. The van der Waals surface area contributed by atoms with Crippen molar-refractivity contribution in [2.24, 2.45) is 0 Å². The third kappa shape index (κ3) is 13.8. The van der Waals surface area contributed by atoms with Gasteiger partial charge >= 0.3 is 5.97 Å². The number of rotatable bonds is 21. The number of allylic oxidation sites excluding steroid dienone is 2. The van der Waals surface area contributed by atoms with Crippen molar-refractivity contribution < 1.29 is 30.0 Å². The van der Waals surface area contributed by atoms with E-state index in [2.05, 4.69) is 26.0 Å². The lowest BCUT2D eigenvalue weighted by Crippen LogP contribution is -2.19. The van der Waals surface area contributed by atoms with Gasteiger partial charge in [-0.05, 0) is 93.5 Å². The number of unbranched alkanes of at least 4 members (excludes halogenated alkanes) is 9. The number of carbonyl (C=O) groups excluding carboxylic acids is 1. The Hall–Kier alpha value is -3.15. The SMILES string of the molecule is CCC/C=C/CCCCCCc1cc(O)cc(O)c1C(=O)OC(CCC)CCCCCCCc1cc(O)cc(O)c1. The van der Waals surface area contributed by atoms with E-state index in [4.69, 9.17) is 4.74 Å². The summed E-state index contributed by atoms with van der Waals surface area (Å²) >= 11 is 0. The number of aromatic hydroxyl groups is 4. The fraction of sp³-hybridized carbons (Fsp3) is 0.571. The van der Waals surface area contributed by atoms with Crippen LogP contribution >= 0.6 is 0 Å². The minimum absolute atomic E-state index is 0.0407. The Bertz CT molecular complexity index is 1040. The molecule has 0 aromatic heterocycles. The molecule has 0 aliphatic heterocycles. The van der Waals surface area contributed by atoms with Crippen molar-refractivity contribution in [1.82, 2.24) is 0 Å². The van der Waals surface area contributed by atoms with Crippen molar-refractivity contribution in [2.45, 2.75) is 129 Å². The molecule has 0 spiro atoms. The summed E-state index contributed by atoms with van der Waals surface area (Å²) in [5, 5.41) is 39.8. The minimum Gasteiger partial charge on any atom is -0.508 e. The van der Waals surface area contributed by atoms with E-state index in [1.165, 1.54) is 18.6 Å². The van der Waals surface area contributed by atoms with Crippen LogP contribution in [0.25, 0.3) is 0 Å². The first kappa shape index (κ1) is 34.1. The second kappa shape index (κ2) is 19.8. The monoisotopic (exact) mass is 568 g/mol. The number of ether oxygens (including phenoxy) is 1. The summed E-state index contributed by atoms with van der Waals surface area (Å²) in [5.74, 6) is -0.593. The standard InChI is InChI=1S/C35H52O6/c1-3-5-6-7-8-9-10-13-16-20-28-24-31(38)26-33(39)34(28)35(40)41-32(18-4-2)21-17-14-11-12-15-19-27-22-29(36)25-30(37)23-27/h6-7,22-26,32,36-39H,3-5,8-21H2,1-2H3/b7-6+. The van der Waals surface area contributed by atoms with E-state index >= 15 is 0 Å². The molecule has 0 radical (unpaired) electrons. The van der Waals surface area contributed by atoms with Crippen LogP contribution in [0.15, 0.2) is 42.5 Å². The molecule has 6 heteroatoms. The molecule has 0 fully saturated rings. The Labute approximate surface area is 247 Å². The zero-order valence-electron chi connectivity index (χ0n) is 25.2. The van der Waals surface area contributed by atoms with Crippen molar-refractivity contribution >= 4 is 5.97 Å². The highest BCUT2D eigenvalue weighted by Gasteiger charge is 2.22. The van der Waals surface area contributed by atoms with E-state index in [-0.39, 0.29) is 34.7 Å². The van der Waals surface area contributed by atoms with E-state index in [1.807, 2.05) is 0 Å². The molecule has 4 N–H and O–H groups in total. The van der Waals surface area contributed by atoms with Crippen LogP contribution in [-0.2, 0) is 17.6 Å². The molecular weight excluding hydrogens is 516 g/mol. The summed E-state index contributed by atoms with van der Waals surface area (Å²) in [6.07, 6.45) is 20.8. The summed E-state index contributed by atoms with van der Waals surface area (Å²) < 4.78 is 5.90. The predicted octanol–water partition coefficient (Wildman–Crippen LogP) is 9.27. The maximum atomic E-state index is 13.2. The summed E-state index contributed by atoms with van der Waals surface area (Å²) in [5.41, 5.74) is 1.76. The van der Waals surface area contributed by atoms with E-state index in [0.29, 0.717) is 12.0 Å². The zero-order valence-corrected chi connectivity index (χ0v) is 25.2. The van der Waals surface area contributed by atoms with Gasteiger partial charge in [-0.1, -0.05) is 70.9 Å². The van der Waals surface area contributed by atoms with Gasteiger partial charge in [0.2, 0.25) is 0 Å². The number of phenols is 4. The van der Waals surface area contributed by atoms with Crippen LogP contribution in [0.2, 0.25) is 0 Å². The molecule has 2 aromatic rings. The van der Waals surface area contributed by atoms with Gasteiger partial charge in [-0.2, -0.15) is 0 Å². The van der Waals surface area contributed by atoms with E-state index < -0.39 is 5.97 Å². The average Bonchev–Trinajstić information content (AvgIpc) is 2.90. The Morgan fingerprint density at radius 3 is 2.00 bits per heavy atom. The number of hydrogen-bond acceptors (Lipinski definition) is 6. The fourth-order valence-electron chi connectivity index (χ4n) is 5.26. The number of aryl methyl sites for hydroxylation is 2. The number of carbonyl (C=O) groups is 1. The molecule has 228 valence electrons. The van der Waals surface area contributed by atoms with Gasteiger partial charge in [-0.3, -0.25) is 0 Å². The van der Waals surface area contributed by atoms with Gasteiger partial charge in [0.15, 0.2) is 0 Å². The summed E-state index contributed by atoms with van der Waals surface area (Å²) in [4.78, 5) is 13.2. The van der Waals surface area contributed by atoms with Gasteiger partial charge in [-0.15, -0.1) is 0 Å². The van der Waals surface area contributed by atoms with Gasteiger partial charge in [0.25, 0.3) is 0 Å². The largest absolute Gasteiger partial charge is 0.508 e. The average molecular weight is 569 g/mol. The molecule has 1 unspecified atom stereocenters. The molecule has 0 saturated heterocycles. The topological polar surface area (TPSA) is 107 Å². The Morgan fingerprint density at radius 1 is 0.683 bits per heavy atom. The number of benzene rings is 2. The predicted molar refractivity (Wildman–Crippen MR) is 166 cm³/mol. The van der Waals surface area contributed by atoms with E-state index in [0.717, 1.165) is 102 Å². The normalized spacial score (nSPS) is 12.1. The van der Waals surface area contributed by atoms with Crippen LogP contribution in [0.5, 0.6) is 23.0 Å². The number of esters is 1. The molecule has 0 heterocycles. The van der Waals surface area contributed by atoms with Crippen molar-refractivity contribution in [3.63, 3.8) is 0 Å². The lowest BCUT2D eigenvalue weighted by Gasteiger charge is -2.19. The summed E-state index contributed by atoms with van der Waals surface area (Å²) in [7, 11) is 0. The minimum atomic E-state index is -0.508. The molecule has 6 nitrogen and oxygen atoms in total. The van der Waals surface area contributed by atoms with Crippen LogP contribution in [0.3, 0.4) is 0 Å². The zero-order chi connectivity index (χ0) is 29.9. The lowest BCUT2D eigenvalue weighted by molar-refractivity contribution is 0.0249. The Kier molecular flexibility index (Phi) is 16.5. The highest BCUT2D eigenvalue weighted by atomic mass is 16.5. The first-order chi connectivity index (χ1) is 19.8. The first-order valence-electron chi connectivity index (χ1n) is 15.8. The smallest absolute Gasteiger partial charge is 0.342 e. The quantitative estimate of drug-likeness (QED) is 0.0679. The molecule has 2 aromatic carbocycles. The van der Waals surface area contributed by atoms with E-state index in [9.17, 15) is 25.2 Å². The molecule has 1 atom stereocenters. The third-order valence-corrected chi connectivity index (χ3v) is 7.42. The van der Waals surface area contributed by atoms with Gasteiger partial charge < -0.3 is 25.2 Å². The first-order valence-corrected chi connectivity index (χ1v) is 15.8. The van der Waals surface area contributed by atoms with Crippen molar-refractivity contribution in [1.29, 1.82) is 0 Å². The van der Waals surface area contributed by atoms with Gasteiger partial charge in [0.05, 0.1) is 0 Å². The fourth-order valence-corrected chi connectivity index (χ4v) is 5.26. The van der Waals surface area contributed by atoms with Crippen molar-refractivity contribution in [3.05, 3.63) is 59.2 Å². The van der Waals surface area contributed by atoms with E-state index in [1.54, 1.807) is 18.2 Å². The van der Waals surface area contributed by atoms with Crippen LogP contribution in [0.4, 0.5) is 0 Å².